The Labute approximate surface area is 229 Å². The van der Waals surface area contributed by atoms with E-state index >= 15 is 0 Å². The molecule has 3 aliphatic rings. The maximum absolute atomic E-state index is 7.03. The normalized spacial score (nSPS) is 37.9. The molecule has 1 heteroatoms. The summed E-state index contributed by atoms with van der Waals surface area (Å²) in [7, 11) is 0. The number of furan rings is 2. The van der Waals surface area contributed by atoms with Crippen LogP contribution in [0.15, 0.2) is 10.5 Å². The molecule has 0 spiro atoms. The van der Waals surface area contributed by atoms with Crippen molar-refractivity contribution in [1.82, 2.24) is 0 Å². The Bertz CT molecular complexity index is 1010. The fourth-order valence-electron chi connectivity index (χ4n) is 9.66. The van der Waals surface area contributed by atoms with Crippen LogP contribution in [0.1, 0.15) is 155 Å². The van der Waals surface area contributed by atoms with Crippen molar-refractivity contribution in [2.75, 3.05) is 0 Å². The Morgan fingerprint density at radius 1 is 0.568 bits per heavy atom. The summed E-state index contributed by atoms with van der Waals surface area (Å²) in [6, 6.07) is 2.58. The lowest BCUT2D eigenvalue weighted by atomic mass is 9.61. The SMILES string of the molecule is CC1CCC(C(C)C)C(c2c(C3CC(C)CCC3C(C)C)c3oc2cc3C2CC(C)CCC2C(C)C)C1. The van der Waals surface area contributed by atoms with Crippen LogP contribution in [-0.4, -0.2) is 0 Å². The summed E-state index contributed by atoms with van der Waals surface area (Å²) in [5.74, 6) is 9.16. The second kappa shape index (κ2) is 10.9. The molecule has 2 bridgehead atoms. The molecule has 2 heterocycles. The van der Waals surface area contributed by atoms with Crippen molar-refractivity contribution in [3.05, 3.63) is 22.8 Å². The average molecular weight is 507 g/mol. The van der Waals surface area contributed by atoms with Gasteiger partial charge < -0.3 is 4.42 Å². The van der Waals surface area contributed by atoms with Gasteiger partial charge in [0, 0.05) is 16.7 Å². The summed E-state index contributed by atoms with van der Waals surface area (Å²) in [5, 5.41) is 0. The second-order valence-corrected chi connectivity index (χ2v) is 15.5. The van der Waals surface area contributed by atoms with Crippen molar-refractivity contribution >= 4 is 11.2 Å². The molecule has 9 atom stereocenters. The molecule has 208 valence electrons. The van der Waals surface area contributed by atoms with Crippen molar-refractivity contribution in [2.45, 2.75) is 138 Å². The van der Waals surface area contributed by atoms with Crippen LogP contribution in [0.3, 0.4) is 0 Å². The number of fused-ring (bicyclic) bond motifs is 2. The molecule has 0 amide bonds. The Hall–Kier alpha value is -0.980. The molecular weight excluding hydrogens is 448 g/mol. The maximum atomic E-state index is 7.03. The predicted molar refractivity (Wildman–Crippen MR) is 160 cm³/mol. The Balaban J connectivity index is 1.67. The van der Waals surface area contributed by atoms with Gasteiger partial charge >= 0.3 is 0 Å². The van der Waals surface area contributed by atoms with Gasteiger partial charge in [0.15, 0.2) is 0 Å². The summed E-state index contributed by atoms with van der Waals surface area (Å²) in [6.45, 7) is 22.4. The number of hydrogen-bond donors (Lipinski definition) is 0. The van der Waals surface area contributed by atoms with E-state index in [9.17, 15) is 0 Å². The number of benzene rings is 1. The van der Waals surface area contributed by atoms with Crippen molar-refractivity contribution in [1.29, 1.82) is 0 Å². The van der Waals surface area contributed by atoms with Crippen LogP contribution >= 0.6 is 0 Å². The zero-order valence-corrected chi connectivity index (χ0v) is 25.8. The maximum Gasteiger partial charge on any atom is 0.134 e. The van der Waals surface area contributed by atoms with E-state index in [1.54, 1.807) is 16.7 Å². The highest BCUT2D eigenvalue weighted by Gasteiger charge is 2.44. The molecule has 2 aromatic rings. The molecule has 0 radical (unpaired) electrons. The highest BCUT2D eigenvalue weighted by molar-refractivity contribution is 5.79. The highest BCUT2D eigenvalue weighted by atomic mass is 16.3. The molecule has 5 rings (SSSR count). The van der Waals surface area contributed by atoms with E-state index < -0.39 is 0 Å². The van der Waals surface area contributed by atoms with Crippen LogP contribution in [0.4, 0.5) is 0 Å². The fraction of sp³-hybridized carbons (Fsp3) is 0.833. The van der Waals surface area contributed by atoms with Gasteiger partial charge in [-0.15, -0.1) is 0 Å². The van der Waals surface area contributed by atoms with E-state index in [1.165, 1.54) is 69.0 Å². The van der Waals surface area contributed by atoms with Crippen LogP contribution in [0.25, 0.3) is 11.2 Å². The molecule has 3 fully saturated rings. The van der Waals surface area contributed by atoms with Crippen molar-refractivity contribution < 1.29 is 4.42 Å². The third-order valence-electron chi connectivity index (χ3n) is 11.8. The smallest absolute Gasteiger partial charge is 0.134 e. The van der Waals surface area contributed by atoms with E-state index in [0.717, 1.165) is 53.3 Å². The van der Waals surface area contributed by atoms with E-state index in [-0.39, 0.29) is 0 Å². The van der Waals surface area contributed by atoms with Gasteiger partial charge in [-0.3, -0.25) is 0 Å². The lowest BCUT2D eigenvalue weighted by Gasteiger charge is -2.42. The fourth-order valence-corrected chi connectivity index (χ4v) is 9.66. The van der Waals surface area contributed by atoms with Crippen molar-refractivity contribution in [3.63, 3.8) is 0 Å². The number of rotatable bonds is 6. The summed E-state index contributed by atoms with van der Waals surface area (Å²) in [5.41, 5.74) is 7.71. The first-order chi connectivity index (χ1) is 17.6. The molecule has 3 saturated carbocycles. The molecule has 0 aliphatic heterocycles. The van der Waals surface area contributed by atoms with Gasteiger partial charge in [-0.1, -0.05) is 81.6 Å². The average Bonchev–Trinajstić information content (AvgIpc) is 3.42. The molecule has 0 aromatic carbocycles. The third-order valence-corrected chi connectivity index (χ3v) is 11.8. The minimum Gasteiger partial charge on any atom is -0.456 e. The lowest BCUT2D eigenvalue weighted by molar-refractivity contribution is 0.184. The first-order valence-corrected chi connectivity index (χ1v) is 16.4. The zero-order chi connectivity index (χ0) is 26.6. The summed E-state index contributed by atoms with van der Waals surface area (Å²) >= 11 is 0. The molecule has 0 N–H and O–H groups in total. The summed E-state index contributed by atoms with van der Waals surface area (Å²) < 4.78 is 7.03. The second-order valence-electron chi connectivity index (χ2n) is 15.5. The molecule has 3 aliphatic carbocycles. The van der Waals surface area contributed by atoms with Gasteiger partial charge in [0.05, 0.1) is 0 Å². The van der Waals surface area contributed by atoms with Crippen LogP contribution in [0, 0.1) is 53.3 Å². The Morgan fingerprint density at radius 3 is 1.43 bits per heavy atom. The molecule has 37 heavy (non-hydrogen) atoms. The van der Waals surface area contributed by atoms with Crippen molar-refractivity contribution in [2.24, 2.45) is 53.3 Å². The van der Waals surface area contributed by atoms with Crippen LogP contribution in [-0.2, 0) is 0 Å². The van der Waals surface area contributed by atoms with Crippen LogP contribution in [0.2, 0.25) is 0 Å². The van der Waals surface area contributed by atoms with E-state index in [1.807, 2.05) is 0 Å². The van der Waals surface area contributed by atoms with Gasteiger partial charge in [0.1, 0.15) is 11.2 Å². The highest BCUT2D eigenvalue weighted by Crippen LogP contribution is 2.57. The van der Waals surface area contributed by atoms with E-state index in [0.29, 0.717) is 17.8 Å². The minimum absolute atomic E-state index is 0.678. The van der Waals surface area contributed by atoms with Crippen LogP contribution in [0.5, 0.6) is 0 Å². The van der Waals surface area contributed by atoms with Gasteiger partial charge in [0.2, 0.25) is 0 Å². The van der Waals surface area contributed by atoms with Gasteiger partial charge in [-0.05, 0) is 116 Å². The largest absolute Gasteiger partial charge is 0.456 e. The molecule has 2 aromatic heterocycles. The first kappa shape index (κ1) is 27.6. The van der Waals surface area contributed by atoms with Crippen molar-refractivity contribution in [3.8, 4) is 0 Å². The molecule has 9 unspecified atom stereocenters. The first-order valence-electron chi connectivity index (χ1n) is 16.4. The summed E-state index contributed by atoms with van der Waals surface area (Å²) in [4.78, 5) is 0. The van der Waals surface area contributed by atoms with Gasteiger partial charge in [-0.25, -0.2) is 0 Å². The molecule has 0 saturated heterocycles. The Kier molecular flexibility index (Phi) is 8.11. The minimum atomic E-state index is 0.678. The van der Waals surface area contributed by atoms with Gasteiger partial charge in [0.25, 0.3) is 0 Å². The van der Waals surface area contributed by atoms with E-state index in [2.05, 4.69) is 68.4 Å². The van der Waals surface area contributed by atoms with E-state index in [4.69, 9.17) is 4.42 Å². The summed E-state index contributed by atoms with van der Waals surface area (Å²) in [6.07, 6.45) is 12.5. The quantitative estimate of drug-likeness (QED) is 0.379. The lowest BCUT2D eigenvalue weighted by Crippen LogP contribution is -2.31. The molecular formula is C36H58O. The molecule has 1 nitrogen and oxygen atoms in total. The third kappa shape index (κ3) is 5.16. The Morgan fingerprint density at radius 2 is 0.973 bits per heavy atom. The van der Waals surface area contributed by atoms with Crippen LogP contribution < -0.4 is 0 Å². The topological polar surface area (TPSA) is 13.1 Å². The predicted octanol–water partition coefficient (Wildman–Crippen LogP) is 11.4. The standard InChI is InChI=1S/C36H58O/c1-20(2)26-13-10-23(7)16-29(26)32-19-33-34(30-17-24(8)11-14-27(30)21(3)4)35(36(32)37-33)31-18-25(9)12-15-28(31)22(5)6/h19-31H,10-18H2,1-9H3. The van der Waals surface area contributed by atoms with Gasteiger partial charge in [-0.2, -0.15) is 0 Å². The monoisotopic (exact) mass is 506 g/mol. The number of hydrogen-bond acceptors (Lipinski definition) is 1. The zero-order valence-electron chi connectivity index (χ0n) is 25.8.